The summed E-state index contributed by atoms with van der Waals surface area (Å²) < 4.78 is 12.1. The molecule has 0 radical (unpaired) electrons. The van der Waals surface area contributed by atoms with E-state index in [9.17, 15) is 19.2 Å². The molecule has 2 aromatic carbocycles. The number of esters is 2. The van der Waals surface area contributed by atoms with E-state index in [0.29, 0.717) is 38.2 Å². The molecule has 0 aliphatic carbocycles. The van der Waals surface area contributed by atoms with E-state index < -0.39 is 17.5 Å². The van der Waals surface area contributed by atoms with E-state index in [1.54, 1.807) is 53.5 Å². The zero-order valence-corrected chi connectivity index (χ0v) is 27.9. The van der Waals surface area contributed by atoms with E-state index in [2.05, 4.69) is 19.9 Å². The van der Waals surface area contributed by atoms with Crippen LogP contribution < -0.4 is 0 Å². The quantitative estimate of drug-likeness (QED) is 0.229. The van der Waals surface area contributed by atoms with Gasteiger partial charge in [-0.15, -0.1) is 0 Å². The lowest BCUT2D eigenvalue weighted by Gasteiger charge is -2.29. The van der Waals surface area contributed by atoms with E-state index in [-0.39, 0.29) is 41.0 Å². The van der Waals surface area contributed by atoms with Crippen LogP contribution in [0, 0.1) is 0 Å². The maximum atomic E-state index is 14.2. The Morgan fingerprint density at radius 2 is 1.63 bits per heavy atom. The predicted molar refractivity (Wildman–Crippen MR) is 175 cm³/mol. The van der Waals surface area contributed by atoms with Crippen molar-refractivity contribution in [3.63, 3.8) is 0 Å². The minimum absolute atomic E-state index is 0.174. The monoisotopic (exact) mass is 630 g/mol. The Bertz CT molecular complexity index is 1560. The van der Waals surface area contributed by atoms with Crippen LogP contribution >= 0.6 is 0 Å². The highest BCUT2D eigenvalue weighted by molar-refractivity contribution is 6.03. The van der Waals surface area contributed by atoms with Gasteiger partial charge in [-0.25, -0.2) is 9.78 Å². The Balaban J connectivity index is 1.82. The van der Waals surface area contributed by atoms with Crippen molar-refractivity contribution in [2.75, 3.05) is 26.7 Å². The standard InChI is InChI=1S/C36H46N4O6/c1-7-9-18-38(19-10-8-2)34(43)30-23-40(24-31(41)46-36(3,4)5)32(37-30)28-16-15-26(35(44)45-6)21-29(28)33(42)39-20-17-25-13-11-12-14-27(25)22-39/h11-16,21,23H,7-10,17-20,22,24H2,1-6H3. The number of unbranched alkanes of at least 4 members (excludes halogenated alkanes) is 2. The number of carbonyl (C=O) groups is 4. The van der Waals surface area contributed by atoms with Crippen LogP contribution in [0.2, 0.25) is 0 Å². The van der Waals surface area contributed by atoms with Crippen LogP contribution in [0.5, 0.6) is 0 Å². The summed E-state index contributed by atoms with van der Waals surface area (Å²) in [4.78, 5) is 62.0. The number of carbonyl (C=O) groups excluding carboxylic acids is 4. The summed E-state index contributed by atoms with van der Waals surface area (Å²) in [6, 6.07) is 12.7. The van der Waals surface area contributed by atoms with Crippen molar-refractivity contribution in [2.24, 2.45) is 0 Å². The number of rotatable bonds is 12. The minimum atomic E-state index is -0.721. The molecule has 3 aromatic rings. The zero-order valence-electron chi connectivity index (χ0n) is 27.9. The van der Waals surface area contributed by atoms with Gasteiger partial charge >= 0.3 is 11.9 Å². The number of benzene rings is 2. The second-order valence-corrected chi connectivity index (χ2v) is 12.7. The van der Waals surface area contributed by atoms with Gasteiger partial charge in [0.15, 0.2) is 0 Å². The molecule has 0 saturated carbocycles. The molecule has 0 saturated heterocycles. The van der Waals surface area contributed by atoms with Crippen molar-refractivity contribution in [1.29, 1.82) is 0 Å². The van der Waals surface area contributed by atoms with E-state index in [1.165, 1.54) is 18.7 Å². The Labute approximate surface area is 271 Å². The van der Waals surface area contributed by atoms with Gasteiger partial charge < -0.3 is 23.8 Å². The molecule has 0 bridgehead atoms. The highest BCUT2D eigenvalue weighted by Crippen LogP contribution is 2.29. The van der Waals surface area contributed by atoms with Crippen molar-refractivity contribution in [2.45, 2.75) is 85.4 Å². The van der Waals surface area contributed by atoms with Crippen LogP contribution in [0.4, 0.5) is 0 Å². The van der Waals surface area contributed by atoms with Gasteiger partial charge in [0.2, 0.25) is 0 Å². The van der Waals surface area contributed by atoms with Crippen molar-refractivity contribution < 1.29 is 28.7 Å². The largest absolute Gasteiger partial charge is 0.465 e. The van der Waals surface area contributed by atoms with Gasteiger partial charge in [-0.3, -0.25) is 14.4 Å². The molecule has 0 spiro atoms. The number of methoxy groups -OCH3 is 1. The first-order chi connectivity index (χ1) is 21.9. The molecule has 1 aliphatic rings. The number of hydrogen-bond donors (Lipinski definition) is 0. The second kappa shape index (κ2) is 15.2. The molecule has 1 aliphatic heterocycles. The Kier molecular flexibility index (Phi) is 11.4. The molecule has 0 fully saturated rings. The second-order valence-electron chi connectivity index (χ2n) is 12.7. The average Bonchev–Trinajstić information content (AvgIpc) is 3.45. The summed E-state index contributed by atoms with van der Waals surface area (Å²) in [5.41, 5.74) is 2.54. The molecule has 2 heterocycles. The summed E-state index contributed by atoms with van der Waals surface area (Å²) in [5.74, 6) is -1.36. The first kappa shape index (κ1) is 34.4. The van der Waals surface area contributed by atoms with Gasteiger partial charge in [-0.1, -0.05) is 51.0 Å². The maximum absolute atomic E-state index is 14.2. The molecule has 0 unspecified atom stereocenters. The smallest absolute Gasteiger partial charge is 0.337 e. The van der Waals surface area contributed by atoms with Gasteiger partial charge in [0.1, 0.15) is 23.7 Å². The third kappa shape index (κ3) is 8.41. The van der Waals surface area contributed by atoms with Crippen LogP contribution in [0.15, 0.2) is 48.7 Å². The molecule has 1 aromatic heterocycles. The van der Waals surface area contributed by atoms with Gasteiger partial charge in [0, 0.05) is 37.9 Å². The van der Waals surface area contributed by atoms with E-state index in [1.807, 2.05) is 18.2 Å². The van der Waals surface area contributed by atoms with Crippen molar-refractivity contribution in [3.05, 3.63) is 76.6 Å². The minimum Gasteiger partial charge on any atom is -0.465 e. The zero-order chi connectivity index (χ0) is 33.4. The van der Waals surface area contributed by atoms with Crippen molar-refractivity contribution in [3.8, 4) is 11.4 Å². The fraction of sp³-hybridized carbons (Fsp3) is 0.472. The predicted octanol–water partition coefficient (Wildman–Crippen LogP) is 5.92. The summed E-state index contributed by atoms with van der Waals surface area (Å²) in [7, 11) is 1.29. The summed E-state index contributed by atoms with van der Waals surface area (Å²) in [6.07, 6.45) is 5.85. The van der Waals surface area contributed by atoms with E-state index in [4.69, 9.17) is 14.5 Å². The number of imidazole rings is 1. The number of nitrogens with zero attached hydrogens (tertiary/aromatic N) is 4. The first-order valence-electron chi connectivity index (χ1n) is 16.1. The molecular weight excluding hydrogens is 584 g/mol. The van der Waals surface area contributed by atoms with Crippen LogP contribution in [0.25, 0.3) is 11.4 Å². The third-order valence-corrected chi connectivity index (χ3v) is 7.90. The highest BCUT2D eigenvalue weighted by atomic mass is 16.6. The van der Waals surface area contributed by atoms with Crippen LogP contribution in [-0.2, 0) is 33.8 Å². The maximum Gasteiger partial charge on any atom is 0.337 e. The molecule has 46 heavy (non-hydrogen) atoms. The molecule has 2 amide bonds. The molecule has 246 valence electrons. The van der Waals surface area contributed by atoms with Gasteiger partial charge in [0.25, 0.3) is 11.8 Å². The fourth-order valence-corrected chi connectivity index (χ4v) is 5.54. The summed E-state index contributed by atoms with van der Waals surface area (Å²) in [6.45, 7) is 11.4. The number of hydrogen-bond acceptors (Lipinski definition) is 7. The van der Waals surface area contributed by atoms with Crippen molar-refractivity contribution in [1.82, 2.24) is 19.4 Å². The average molecular weight is 631 g/mol. The van der Waals surface area contributed by atoms with Gasteiger partial charge in [-0.05, 0) is 69.4 Å². The van der Waals surface area contributed by atoms with Gasteiger partial charge in [-0.2, -0.15) is 0 Å². The number of fused-ring (bicyclic) bond motifs is 1. The molecule has 0 N–H and O–H groups in total. The fourth-order valence-electron chi connectivity index (χ4n) is 5.54. The van der Waals surface area contributed by atoms with Crippen molar-refractivity contribution >= 4 is 23.8 Å². The first-order valence-corrected chi connectivity index (χ1v) is 16.1. The lowest BCUT2D eigenvalue weighted by molar-refractivity contribution is -0.155. The molecule has 4 rings (SSSR count). The molecular formula is C36H46N4O6. The number of amides is 2. The molecule has 0 atom stereocenters. The van der Waals surface area contributed by atoms with Crippen LogP contribution in [0.3, 0.4) is 0 Å². The lowest BCUT2D eigenvalue weighted by Crippen LogP contribution is -2.36. The SMILES string of the molecule is CCCCN(CCCC)C(=O)c1cn(CC(=O)OC(C)(C)C)c(-c2ccc(C(=O)OC)cc2C(=O)N2CCc3ccccc3C2)n1. The van der Waals surface area contributed by atoms with Crippen LogP contribution in [0.1, 0.15) is 103 Å². The normalized spacial score (nSPS) is 12.8. The third-order valence-electron chi connectivity index (χ3n) is 7.90. The Hall–Kier alpha value is -4.47. The number of ether oxygens (including phenoxy) is 2. The van der Waals surface area contributed by atoms with Crippen LogP contribution in [-0.4, -0.2) is 75.4 Å². The topological polar surface area (TPSA) is 111 Å². The molecule has 10 nitrogen and oxygen atoms in total. The van der Waals surface area contributed by atoms with E-state index >= 15 is 0 Å². The summed E-state index contributed by atoms with van der Waals surface area (Å²) in [5, 5.41) is 0. The summed E-state index contributed by atoms with van der Waals surface area (Å²) >= 11 is 0. The number of aromatic nitrogens is 2. The Morgan fingerprint density at radius 1 is 0.957 bits per heavy atom. The van der Waals surface area contributed by atoms with Gasteiger partial charge in [0.05, 0.1) is 18.2 Å². The molecule has 10 heteroatoms. The lowest BCUT2D eigenvalue weighted by atomic mass is 9.97. The Morgan fingerprint density at radius 3 is 2.26 bits per heavy atom. The highest BCUT2D eigenvalue weighted by Gasteiger charge is 2.29. The van der Waals surface area contributed by atoms with E-state index in [0.717, 1.165) is 31.2 Å².